The van der Waals surface area contributed by atoms with Gasteiger partial charge in [-0.15, -0.1) is 0 Å². The van der Waals surface area contributed by atoms with Gasteiger partial charge < -0.3 is 25.4 Å². The quantitative estimate of drug-likeness (QED) is 0.0913. The number of ether oxygens (including phenoxy) is 2. The van der Waals surface area contributed by atoms with Crippen LogP contribution in [0, 0.1) is 26.6 Å². The molecule has 5 nitrogen and oxygen atoms in total. The van der Waals surface area contributed by atoms with Crippen LogP contribution < -0.4 is 25.4 Å². The van der Waals surface area contributed by atoms with Crippen LogP contribution >= 0.6 is 0 Å². The fourth-order valence-corrected chi connectivity index (χ4v) is 6.02. The second-order valence-electron chi connectivity index (χ2n) is 14.3. The zero-order valence-corrected chi connectivity index (χ0v) is 35.8. The molecule has 0 saturated carbocycles. The summed E-state index contributed by atoms with van der Waals surface area (Å²) in [4.78, 5) is 0. The first-order valence-electron chi connectivity index (χ1n) is 20.5. The summed E-state index contributed by atoms with van der Waals surface area (Å²) in [5, 5.41) is 9.55. The minimum absolute atomic E-state index is 0.0924. The van der Waals surface area contributed by atoms with E-state index in [0.29, 0.717) is 11.5 Å². The van der Waals surface area contributed by atoms with E-state index in [0.717, 1.165) is 44.0 Å². The summed E-state index contributed by atoms with van der Waals surface area (Å²) in [5.74, 6) is 2.46. The summed E-state index contributed by atoms with van der Waals surface area (Å²) in [6.45, 7) is 11.1. The van der Waals surface area contributed by atoms with E-state index in [9.17, 15) is 4.39 Å². The molecule has 0 aliphatic carbocycles. The normalized spacial score (nSPS) is 11.9. The van der Waals surface area contributed by atoms with Gasteiger partial charge in [0.2, 0.25) is 0 Å². The van der Waals surface area contributed by atoms with Gasteiger partial charge in [0.05, 0.1) is 0 Å². The fraction of sp³-hybridized carbons (Fsp3) is 0.308. The van der Waals surface area contributed by atoms with Gasteiger partial charge in [-0.1, -0.05) is 153 Å². The third-order valence-electron chi connectivity index (χ3n) is 9.65. The molecule has 3 N–H and O–H groups in total. The molecule has 308 valence electrons. The van der Waals surface area contributed by atoms with Crippen molar-refractivity contribution in [2.75, 3.05) is 40.8 Å². The number of hydrogen-bond acceptors (Lipinski definition) is 5. The van der Waals surface area contributed by atoms with Gasteiger partial charge in [-0.3, -0.25) is 0 Å². The Balaban J connectivity index is 0.000000217. The third-order valence-corrected chi connectivity index (χ3v) is 9.65. The van der Waals surface area contributed by atoms with E-state index in [1.54, 1.807) is 19.1 Å². The summed E-state index contributed by atoms with van der Waals surface area (Å²) < 4.78 is 24.7. The number of aryl methyl sites for hydroxylation is 3. The van der Waals surface area contributed by atoms with Crippen molar-refractivity contribution in [2.24, 2.45) is 0 Å². The molecule has 0 spiro atoms. The summed E-state index contributed by atoms with van der Waals surface area (Å²) in [5.41, 5.74) is 6.93. The van der Waals surface area contributed by atoms with Gasteiger partial charge in [0.25, 0.3) is 0 Å². The van der Waals surface area contributed by atoms with E-state index in [4.69, 9.17) is 9.47 Å². The molecule has 0 bridgehead atoms. The predicted molar refractivity (Wildman–Crippen MR) is 244 cm³/mol. The minimum atomic E-state index is -0.132. The average Bonchev–Trinajstić information content (AvgIpc) is 3.27. The second-order valence-corrected chi connectivity index (χ2v) is 14.3. The predicted octanol–water partition coefficient (Wildman–Crippen LogP) is 12.0. The summed E-state index contributed by atoms with van der Waals surface area (Å²) in [6.07, 6.45) is 3.30. The van der Waals surface area contributed by atoms with Gasteiger partial charge in [-0.2, -0.15) is 0 Å². The van der Waals surface area contributed by atoms with Gasteiger partial charge in [0, 0.05) is 12.8 Å². The number of nitrogens with one attached hydrogen (secondary N) is 3. The monoisotopic (exact) mass is 784 g/mol. The molecule has 0 radical (unpaired) electrons. The number of para-hydroxylation sites is 2. The lowest BCUT2D eigenvalue weighted by Gasteiger charge is -2.20. The second kappa shape index (κ2) is 28.2. The topological polar surface area (TPSA) is 54.5 Å². The molecular formula is C52H66FN3O2. The highest BCUT2D eigenvalue weighted by Gasteiger charge is 2.15. The van der Waals surface area contributed by atoms with Crippen LogP contribution in [0.4, 0.5) is 4.39 Å². The summed E-state index contributed by atoms with van der Waals surface area (Å²) in [6, 6.07) is 54.5. The molecule has 0 aliphatic rings. The molecule has 0 aliphatic heterocycles. The van der Waals surface area contributed by atoms with E-state index in [2.05, 4.69) is 128 Å². The van der Waals surface area contributed by atoms with Crippen LogP contribution in [-0.4, -0.2) is 40.8 Å². The zero-order valence-electron chi connectivity index (χ0n) is 35.8. The number of halogens is 1. The molecule has 0 saturated heterocycles. The third kappa shape index (κ3) is 17.9. The highest BCUT2D eigenvalue weighted by Crippen LogP contribution is 2.28. The Bertz CT molecular complexity index is 1810. The number of rotatable bonds is 16. The van der Waals surface area contributed by atoms with Crippen molar-refractivity contribution in [2.45, 2.75) is 65.1 Å². The highest BCUT2D eigenvalue weighted by atomic mass is 19.1. The minimum Gasteiger partial charge on any atom is -0.485 e. The van der Waals surface area contributed by atoms with Crippen molar-refractivity contribution in [1.82, 2.24) is 16.0 Å². The Morgan fingerprint density at radius 1 is 0.414 bits per heavy atom. The van der Waals surface area contributed by atoms with Crippen molar-refractivity contribution in [3.8, 4) is 11.5 Å². The van der Waals surface area contributed by atoms with Crippen LogP contribution in [-0.2, 0) is 0 Å². The van der Waals surface area contributed by atoms with Crippen LogP contribution in [0.15, 0.2) is 164 Å². The van der Waals surface area contributed by atoms with Gasteiger partial charge in [0.15, 0.2) is 0 Å². The Morgan fingerprint density at radius 2 is 0.741 bits per heavy atom. The van der Waals surface area contributed by atoms with Gasteiger partial charge in [-0.25, -0.2) is 4.39 Å². The summed E-state index contributed by atoms with van der Waals surface area (Å²) in [7, 11) is 5.93. The van der Waals surface area contributed by atoms with E-state index in [1.807, 2.05) is 75.7 Å². The molecule has 3 atom stereocenters. The first-order valence-corrected chi connectivity index (χ1v) is 20.5. The smallest absolute Gasteiger partial charge is 0.126 e. The highest BCUT2D eigenvalue weighted by molar-refractivity contribution is 5.34. The Hall–Kier alpha value is -5.27. The van der Waals surface area contributed by atoms with E-state index in [-0.39, 0.29) is 18.0 Å². The molecule has 0 fully saturated rings. The average molecular weight is 784 g/mol. The molecule has 0 aromatic heterocycles. The van der Waals surface area contributed by atoms with Crippen LogP contribution in [0.25, 0.3) is 0 Å². The maximum Gasteiger partial charge on any atom is 0.126 e. The van der Waals surface area contributed by atoms with E-state index < -0.39 is 0 Å². The lowest BCUT2D eigenvalue weighted by molar-refractivity contribution is 0.193. The molecule has 6 aromatic rings. The largest absolute Gasteiger partial charge is 0.485 e. The van der Waals surface area contributed by atoms with Crippen LogP contribution in [0.3, 0.4) is 0 Å². The zero-order chi connectivity index (χ0) is 41.8. The van der Waals surface area contributed by atoms with Crippen molar-refractivity contribution >= 4 is 0 Å². The van der Waals surface area contributed by atoms with Crippen molar-refractivity contribution in [3.05, 3.63) is 203 Å². The summed E-state index contributed by atoms with van der Waals surface area (Å²) >= 11 is 0. The molecule has 2 unspecified atom stereocenters. The van der Waals surface area contributed by atoms with Gasteiger partial charge in [-0.05, 0) is 125 Å². The SMILES string of the molecule is CNCCC(C)c1ccccc1.CNCCC(Oc1ccccc1C)c1ccccc1.CNCC[C@@H](Oc1ccccc1C)c1ccccc1.Cc1ccccc1F. The fourth-order valence-electron chi connectivity index (χ4n) is 6.02. The van der Waals surface area contributed by atoms with Crippen LogP contribution in [0.2, 0.25) is 0 Å². The van der Waals surface area contributed by atoms with Gasteiger partial charge in [0.1, 0.15) is 29.5 Å². The molecule has 0 amide bonds. The van der Waals surface area contributed by atoms with Crippen molar-refractivity contribution in [1.29, 1.82) is 0 Å². The van der Waals surface area contributed by atoms with Crippen LogP contribution in [0.5, 0.6) is 11.5 Å². The van der Waals surface area contributed by atoms with Gasteiger partial charge >= 0.3 is 0 Å². The number of hydrogen-bond donors (Lipinski definition) is 3. The maximum atomic E-state index is 12.3. The Morgan fingerprint density at radius 3 is 1.09 bits per heavy atom. The van der Waals surface area contributed by atoms with Crippen LogP contribution in [0.1, 0.15) is 77.7 Å². The maximum absolute atomic E-state index is 12.3. The Kier molecular flexibility index (Phi) is 22.9. The number of benzene rings is 6. The van der Waals surface area contributed by atoms with E-state index in [1.165, 1.54) is 40.3 Å². The molecule has 58 heavy (non-hydrogen) atoms. The molecular weight excluding hydrogens is 718 g/mol. The molecule has 6 heteroatoms. The first kappa shape index (κ1) is 47.1. The molecule has 6 rings (SSSR count). The Labute approximate surface area is 349 Å². The van der Waals surface area contributed by atoms with Crippen molar-refractivity contribution in [3.63, 3.8) is 0 Å². The lowest BCUT2D eigenvalue weighted by atomic mass is 9.98. The first-order chi connectivity index (χ1) is 28.3. The molecule has 0 heterocycles. The molecule has 6 aromatic carbocycles. The lowest BCUT2D eigenvalue weighted by Crippen LogP contribution is -2.16. The van der Waals surface area contributed by atoms with Crippen molar-refractivity contribution < 1.29 is 13.9 Å². The standard InChI is InChI=1S/2C17H21NO.C11H17N.C7H7F/c2*1-14-8-6-7-11-16(14)19-17(12-13-18-2)15-9-4-3-5-10-15;1-10(8-9-12-2)11-6-4-3-5-7-11;1-6-4-2-3-5-7(6)8/h2*3-11,17-18H,12-13H2,1-2H3;3-7,10,12H,8-9H2,1-2H3;2-5H,1H3/t17-;;;/m1.../s1. The van der Waals surface area contributed by atoms with E-state index >= 15 is 0 Å².